The van der Waals surface area contributed by atoms with Gasteiger partial charge >= 0.3 is 58.7 Å². The molecule has 0 fully saturated rings. The van der Waals surface area contributed by atoms with E-state index in [2.05, 4.69) is 6.07 Å². The number of halogens is 1. The van der Waals surface area contributed by atoms with Crippen molar-refractivity contribution in [3.05, 3.63) is 23.2 Å². The van der Waals surface area contributed by atoms with Crippen LogP contribution >= 0.6 is 11.6 Å². The SMILES string of the molecule is Clc1cccc2c1[Se]2. The molecule has 0 saturated heterocycles. The molecule has 2 heteroatoms. The first-order valence-electron chi connectivity index (χ1n) is 2.34. The Hall–Kier alpha value is 0.0295. The second-order valence-corrected chi connectivity index (χ2v) is 4.28. The van der Waals surface area contributed by atoms with Crippen molar-refractivity contribution in [3.63, 3.8) is 0 Å². The van der Waals surface area contributed by atoms with Crippen LogP contribution in [-0.4, -0.2) is 15.0 Å². The van der Waals surface area contributed by atoms with Gasteiger partial charge in [0.05, 0.1) is 0 Å². The van der Waals surface area contributed by atoms with E-state index in [4.69, 9.17) is 11.6 Å². The summed E-state index contributed by atoms with van der Waals surface area (Å²) in [6.45, 7) is 0. The van der Waals surface area contributed by atoms with Gasteiger partial charge in [0, 0.05) is 0 Å². The third-order valence-corrected chi connectivity index (χ3v) is 3.77. The maximum absolute atomic E-state index is 5.78. The first kappa shape index (κ1) is 4.87. The summed E-state index contributed by atoms with van der Waals surface area (Å²) in [5.41, 5.74) is 0. The van der Waals surface area contributed by atoms with Gasteiger partial charge in [0.15, 0.2) is 0 Å². The van der Waals surface area contributed by atoms with Gasteiger partial charge in [-0.2, -0.15) is 0 Å². The van der Waals surface area contributed by atoms with Crippen molar-refractivity contribution >= 4 is 35.5 Å². The molecule has 0 unspecified atom stereocenters. The molecule has 0 radical (unpaired) electrons. The minimum absolute atomic E-state index is 0.639. The molecule has 1 aliphatic heterocycles. The van der Waals surface area contributed by atoms with Gasteiger partial charge in [-0.3, -0.25) is 0 Å². The Morgan fingerprint density at radius 2 is 2.25 bits per heavy atom. The van der Waals surface area contributed by atoms with Crippen LogP contribution in [0.3, 0.4) is 0 Å². The number of fused-ring (bicyclic) bond motifs is 1. The van der Waals surface area contributed by atoms with E-state index < -0.39 is 0 Å². The van der Waals surface area contributed by atoms with E-state index in [1.807, 2.05) is 12.1 Å². The van der Waals surface area contributed by atoms with E-state index in [9.17, 15) is 0 Å². The molecule has 0 aromatic heterocycles. The molecular formula is C6H3ClSe. The zero-order chi connectivity index (χ0) is 5.56. The molecule has 0 nitrogen and oxygen atoms in total. The van der Waals surface area contributed by atoms with Crippen molar-refractivity contribution in [1.29, 1.82) is 0 Å². The van der Waals surface area contributed by atoms with Crippen LogP contribution in [0.1, 0.15) is 0 Å². The fourth-order valence-corrected chi connectivity index (χ4v) is 2.54. The first-order chi connectivity index (χ1) is 3.88. The molecule has 1 aliphatic rings. The molecule has 0 amide bonds. The number of benzene rings is 1. The number of hydrogen-bond donors (Lipinski definition) is 0. The summed E-state index contributed by atoms with van der Waals surface area (Å²) in [6.07, 6.45) is 0. The third-order valence-electron chi connectivity index (χ3n) is 1.10. The van der Waals surface area contributed by atoms with Crippen LogP contribution in [0.15, 0.2) is 18.2 Å². The predicted octanol–water partition coefficient (Wildman–Crippen LogP) is 0.308. The van der Waals surface area contributed by atoms with Gasteiger partial charge in [0.1, 0.15) is 0 Å². The molecule has 2 rings (SSSR count). The van der Waals surface area contributed by atoms with E-state index in [0.29, 0.717) is 15.0 Å². The molecule has 1 aromatic carbocycles. The summed E-state index contributed by atoms with van der Waals surface area (Å²) in [5, 5.41) is 0.961. The van der Waals surface area contributed by atoms with Gasteiger partial charge in [0.2, 0.25) is 0 Å². The van der Waals surface area contributed by atoms with E-state index in [1.165, 1.54) is 8.92 Å². The molecule has 8 heavy (non-hydrogen) atoms. The van der Waals surface area contributed by atoms with E-state index in [0.717, 1.165) is 5.02 Å². The molecular weight excluding hydrogens is 186 g/mol. The molecule has 40 valence electrons. The average Bonchev–Trinajstić information content (AvgIpc) is 2.45. The molecule has 0 bridgehead atoms. The van der Waals surface area contributed by atoms with Gasteiger partial charge < -0.3 is 0 Å². The molecule has 0 spiro atoms. The van der Waals surface area contributed by atoms with Crippen LogP contribution in [0.25, 0.3) is 0 Å². The molecule has 0 aliphatic carbocycles. The van der Waals surface area contributed by atoms with Crippen LogP contribution in [0, 0.1) is 0 Å². The van der Waals surface area contributed by atoms with E-state index >= 15 is 0 Å². The summed E-state index contributed by atoms with van der Waals surface area (Å²) >= 11 is 6.42. The van der Waals surface area contributed by atoms with Crippen LogP contribution in [-0.2, 0) is 0 Å². The average molecular weight is 190 g/mol. The number of rotatable bonds is 0. The molecule has 1 heterocycles. The zero-order valence-corrected chi connectivity index (χ0v) is 6.49. The van der Waals surface area contributed by atoms with Crippen LogP contribution in [0.2, 0.25) is 5.02 Å². The third kappa shape index (κ3) is 0.594. The van der Waals surface area contributed by atoms with Crippen molar-refractivity contribution in [2.24, 2.45) is 0 Å². The van der Waals surface area contributed by atoms with Gasteiger partial charge in [-0.05, 0) is 0 Å². The Balaban J connectivity index is 2.70. The van der Waals surface area contributed by atoms with Crippen molar-refractivity contribution in [1.82, 2.24) is 0 Å². The quantitative estimate of drug-likeness (QED) is 0.524. The van der Waals surface area contributed by atoms with Crippen molar-refractivity contribution in [3.8, 4) is 0 Å². The van der Waals surface area contributed by atoms with Crippen molar-refractivity contribution in [2.45, 2.75) is 0 Å². The Bertz CT molecular complexity index is 232. The second-order valence-electron chi connectivity index (χ2n) is 1.67. The first-order valence-corrected chi connectivity index (χ1v) is 4.43. The van der Waals surface area contributed by atoms with Gasteiger partial charge in [-0.1, -0.05) is 0 Å². The predicted molar refractivity (Wildman–Crippen MR) is 36.5 cm³/mol. The second kappa shape index (κ2) is 1.51. The fraction of sp³-hybridized carbons (Fsp3) is 0. The van der Waals surface area contributed by atoms with Crippen molar-refractivity contribution in [2.75, 3.05) is 0 Å². The summed E-state index contributed by atoms with van der Waals surface area (Å²) in [4.78, 5) is 0. The van der Waals surface area contributed by atoms with Crippen LogP contribution < -0.4 is 8.92 Å². The normalized spacial score (nSPS) is 13.1. The summed E-state index contributed by atoms with van der Waals surface area (Å²) in [6, 6.07) is 6.10. The van der Waals surface area contributed by atoms with Crippen LogP contribution in [0.5, 0.6) is 0 Å². The van der Waals surface area contributed by atoms with Gasteiger partial charge in [-0.15, -0.1) is 0 Å². The molecule has 0 N–H and O–H groups in total. The summed E-state index contributed by atoms with van der Waals surface area (Å²) in [7, 11) is 0. The Morgan fingerprint density at radius 1 is 1.38 bits per heavy atom. The fourth-order valence-electron chi connectivity index (χ4n) is 0.656. The van der Waals surface area contributed by atoms with Crippen molar-refractivity contribution < 1.29 is 0 Å². The summed E-state index contributed by atoms with van der Waals surface area (Å²) in [5.74, 6) is 0. The molecule has 1 aromatic rings. The number of hydrogen-bond acceptors (Lipinski definition) is 0. The molecule has 0 atom stereocenters. The Kier molecular flexibility index (Phi) is 0.916. The zero-order valence-electron chi connectivity index (χ0n) is 4.02. The Morgan fingerprint density at radius 3 is 2.88 bits per heavy atom. The summed E-state index contributed by atoms with van der Waals surface area (Å²) < 4.78 is 2.88. The standard InChI is InChI=1S/C6H3ClSe/c7-4-2-1-3-5-6(4)8-5/h1-3H. The van der Waals surface area contributed by atoms with E-state index in [-0.39, 0.29) is 0 Å². The maximum atomic E-state index is 5.78. The topological polar surface area (TPSA) is 0 Å². The minimum atomic E-state index is 0.639. The monoisotopic (exact) mass is 190 g/mol. The Labute approximate surface area is 59.0 Å². The van der Waals surface area contributed by atoms with Gasteiger partial charge in [-0.25, -0.2) is 0 Å². The van der Waals surface area contributed by atoms with Crippen LogP contribution in [0.4, 0.5) is 0 Å². The van der Waals surface area contributed by atoms with Gasteiger partial charge in [0.25, 0.3) is 0 Å². The molecule has 0 saturated carbocycles. The van der Waals surface area contributed by atoms with E-state index in [1.54, 1.807) is 0 Å².